The molecule has 0 aliphatic carbocycles. The number of nitrogens with zero attached hydrogens (tertiary/aromatic N) is 1. The molecule has 1 aliphatic rings. The van der Waals surface area contributed by atoms with Crippen molar-refractivity contribution in [1.29, 1.82) is 0 Å². The number of carbonyl (C=O) groups is 1. The van der Waals surface area contributed by atoms with E-state index in [1.165, 1.54) is 5.56 Å². The third kappa shape index (κ3) is 5.11. The minimum absolute atomic E-state index is 0.355. The van der Waals surface area contributed by atoms with E-state index in [0.29, 0.717) is 22.1 Å². The first kappa shape index (κ1) is 18.5. The van der Waals surface area contributed by atoms with Gasteiger partial charge in [0.15, 0.2) is 0 Å². The number of amides is 2. The summed E-state index contributed by atoms with van der Waals surface area (Å²) >= 11 is 5.98. The predicted molar refractivity (Wildman–Crippen MR) is 103 cm³/mol. The molecule has 0 atom stereocenters. The Balaban J connectivity index is 1.56. The van der Waals surface area contributed by atoms with E-state index < -0.39 is 0 Å². The van der Waals surface area contributed by atoms with E-state index in [1.54, 1.807) is 25.3 Å². The number of methoxy groups -OCH3 is 1. The van der Waals surface area contributed by atoms with Crippen LogP contribution in [0.25, 0.3) is 0 Å². The van der Waals surface area contributed by atoms with Crippen LogP contribution in [0.2, 0.25) is 5.02 Å². The lowest BCUT2D eigenvalue weighted by molar-refractivity contribution is 0.0342. The van der Waals surface area contributed by atoms with Gasteiger partial charge in [0.05, 0.1) is 26.0 Å². The molecule has 2 N–H and O–H groups in total. The Hall–Kier alpha value is -2.28. The van der Waals surface area contributed by atoms with E-state index in [1.807, 2.05) is 24.3 Å². The fourth-order valence-corrected chi connectivity index (χ4v) is 2.95. The van der Waals surface area contributed by atoms with Crippen molar-refractivity contribution in [2.45, 2.75) is 6.54 Å². The molecule has 26 heavy (non-hydrogen) atoms. The molecule has 0 aromatic heterocycles. The van der Waals surface area contributed by atoms with Crippen LogP contribution < -0.4 is 15.4 Å². The number of hydrogen-bond acceptors (Lipinski definition) is 4. The SMILES string of the molecule is COc1ccc(Cl)cc1NC(=O)Nc1ccc(CN2CCOCC2)cc1. The zero-order valence-electron chi connectivity index (χ0n) is 14.6. The lowest BCUT2D eigenvalue weighted by atomic mass is 10.2. The topological polar surface area (TPSA) is 62.8 Å². The van der Waals surface area contributed by atoms with Crippen molar-refractivity contribution in [3.63, 3.8) is 0 Å². The normalized spacial score (nSPS) is 14.7. The molecule has 0 spiro atoms. The number of morpholine rings is 1. The van der Waals surface area contributed by atoms with Gasteiger partial charge in [-0.25, -0.2) is 4.79 Å². The van der Waals surface area contributed by atoms with Gasteiger partial charge >= 0.3 is 6.03 Å². The third-order valence-corrected chi connectivity index (χ3v) is 4.37. The number of halogens is 1. The van der Waals surface area contributed by atoms with Gasteiger partial charge in [0.25, 0.3) is 0 Å². The van der Waals surface area contributed by atoms with Crippen molar-refractivity contribution in [2.75, 3.05) is 44.0 Å². The van der Waals surface area contributed by atoms with E-state index in [9.17, 15) is 4.79 Å². The smallest absolute Gasteiger partial charge is 0.323 e. The van der Waals surface area contributed by atoms with Crippen LogP contribution in [-0.4, -0.2) is 44.3 Å². The highest BCUT2D eigenvalue weighted by atomic mass is 35.5. The van der Waals surface area contributed by atoms with Gasteiger partial charge in [-0.3, -0.25) is 4.90 Å². The first-order valence-corrected chi connectivity index (χ1v) is 8.82. The number of hydrogen-bond donors (Lipinski definition) is 2. The van der Waals surface area contributed by atoms with Gasteiger partial charge in [-0.1, -0.05) is 23.7 Å². The van der Waals surface area contributed by atoms with Crippen LogP contribution in [0.5, 0.6) is 5.75 Å². The van der Waals surface area contributed by atoms with Gasteiger partial charge in [-0.2, -0.15) is 0 Å². The standard InChI is InChI=1S/C19H22ClN3O3/c1-25-18-7-4-15(20)12-17(18)22-19(24)21-16-5-2-14(3-6-16)13-23-8-10-26-11-9-23/h2-7,12H,8-11,13H2,1H3,(H2,21,22,24). The summed E-state index contributed by atoms with van der Waals surface area (Å²) in [6, 6.07) is 12.5. The molecule has 7 heteroatoms. The lowest BCUT2D eigenvalue weighted by Crippen LogP contribution is -2.35. The quantitative estimate of drug-likeness (QED) is 0.833. The predicted octanol–water partition coefficient (Wildman–Crippen LogP) is 3.82. The van der Waals surface area contributed by atoms with Gasteiger partial charge in [0, 0.05) is 30.3 Å². The monoisotopic (exact) mass is 375 g/mol. The molecule has 2 amide bonds. The van der Waals surface area contributed by atoms with Crippen LogP contribution in [0.15, 0.2) is 42.5 Å². The molecule has 138 valence electrons. The fraction of sp³-hybridized carbons (Fsp3) is 0.316. The zero-order valence-corrected chi connectivity index (χ0v) is 15.4. The van der Waals surface area contributed by atoms with Crippen LogP contribution in [0, 0.1) is 0 Å². The van der Waals surface area contributed by atoms with Crippen molar-refractivity contribution in [1.82, 2.24) is 4.90 Å². The zero-order chi connectivity index (χ0) is 18.4. The molecular formula is C19H22ClN3O3. The van der Waals surface area contributed by atoms with Crippen molar-refractivity contribution in [3.8, 4) is 5.75 Å². The minimum atomic E-state index is -0.355. The molecule has 0 unspecified atom stereocenters. The Bertz CT molecular complexity index is 746. The van der Waals surface area contributed by atoms with Crippen LogP contribution in [0.3, 0.4) is 0 Å². The minimum Gasteiger partial charge on any atom is -0.495 e. The first-order valence-electron chi connectivity index (χ1n) is 8.44. The van der Waals surface area contributed by atoms with E-state index in [0.717, 1.165) is 32.8 Å². The molecule has 0 saturated carbocycles. The molecule has 2 aromatic carbocycles. The average Bonchev–Trinajstić information content (AvgIpc) is 2.64. The van der Waals surface area contributed by atoms with Gasteiger partial charge < -0.3 is 20.1 Å². The van der Waals surface area contributed by atoms with E-state index in [-0.39, 0.29) is 6.03 Å². The summed E-state index contributed by atoms with van der Waals surface area (Å²) in [5.74, 6) is 0.547. The maximum atomic E-state index is 12.2. The third-order valence-electron chi connectivity index (χ3n) is 4.13. The number of urea groups is 1. The highest BCUT2D eigenvalue weighted by molar-refractivity contribution is 6.31. The van der Waals surface area contributed by atoms with Crippen LogP contribution in [-0.2, 0) is 11.3 Å². The summed E-state index contributed by atoms with van der Waals surface area (Å²) < 4.78 is 10.6. The second-order valence-corrected chi connectivity index (χ2v) is 6.45. The summed E-state index contributed by atoms with van der Waals surface area (Å²) in [5.41, 5.74) is 2.44. The molecule has 3 rings (SSSR count). The highest BCUT2D eigenvalue weighted by Gasteiger charge is 2.11. The summed E-state index contributed by atoms with van der Waals surface area (Å²) in [6.45, 7) is 4.35. The van der Waals surface area contributed by atoms with E-state index >= 15 is 0 Å². The Kier molecular flexibility index (Phi) is 6.33. The van der Waals surface area contributed by atoms with Gasteiger partial charge in [-0.15, -0.1) is 0 Å². The summed E-state index contributed by atoms with van der Waals surface area (Å²) in [7, 11) is 1.54. The second kappa shape index (κ2) is 8.89. The molecular weight excluding hydrogens is 354 g/mol. The van der Waals surface area contributed by atoms with Crippen molar-refractivity contribution in [3.05, 3.63) is 53.1 Å². The Morgan fingerprint density at radius 2 is 1.88 bits per heavy atom. The number of carbonyl (C=O) groups excluding carboxylic acids is 1. The summed E-state index contributed by atoms with van der Waals surface area (Å²) in [6.07, 6.45) is 0. The van der Waals surface area contributed by atoms with Crippen LogP contribution in [0.4, 0.5) is 16.2 Å². The fourth-order valence-electron chi connectivity index (χ4n) is 2.77. The van der Waals surface area contributed by atoms with Gasteiger partial charge in [0.2, 0.25) is 0 Å². The molecule has 6 nitrogen and oxygen atoms in total. The largest absolute Gasteiger partial charge is 0.495 e. The molecule has 0 radical (unpaired) electrons. The molecule has 1 fully saturated rings. The summed E-state index contributed by atoms with van der Waals surface area (Å²) in [4.78, 5) is 14.6. The van der Waals surface area contributed by atoms with Crippen molar-refractivity contribution < 1.29 is 14.3 Å². The Morgan fingerprint density at radius 3 is 2.58 bits per heavy atom. The molecule has 1 aliphatic heterocycles. The number of ether oxygens (including phenoxy) is 2. The van der Waals surface area contributed by atoms with Crippen LogP contribution >= 0.6 is 11.6 Å². The lowest BCUT2D eigenvalue weighted by Gasteiger charge is -2.26. The van der Waals surface area contributed by atoms with Crippen molar-refractivity contribution >= 4 is 29.0 Å². The number of rotatable bonds is 5. The maximum Gasteiger partial charge on any atom is 0.323 e. The highest BCUT2D eigenvalue weighted by Crippen LogP contribution is 2.27. The summed E-state index contributed by atoms with van der Waals surface area (Å²) in [5, 5.41) is 6.08. The van der Waals surface area contributed by atoms with Crippen LogP contribution in [0.1, 0.15) is 5.56 Å². The number of benzene rings is 2. The van der Waals surface area contributed by atoms with E-state index in [4.69, 9.17) is 21.1 Å². The Morgan fingerprint density at radius 1 is 1.15 bits per heavy atom. The van der Waals surface area contributed by atoms with Gasteiger partial charge in [0.1, 0.15) is 5.75 Å². The molecule has 1 heterocycles. The van der Waals surface area contributed by atoms with Gasteiger partial charge in [-0.05, 0) is 35.9 Å². The first-order chi connectivity index (χ1) is 12.6. The molecule has 1 saturated heterocycles. The average molecular weight is 376 g/mol. The molecule has 0 bridgehead atoms. The maximum absolute atomic E-state index is 12.2. The Labute approximate surface area is 158 Å². The second-order valence-electron chi connectivity index (χ2n) is 6.01. The number of anilines is 2. The van der Waals surface area contributed by atoms with E-state index in [2.05, 4.69) is 15.5 Å². The number of nitrogens with one attached hydrogen (secondary N) is 2. The molecule has 2 aromatic rings. The van der Waals surface area contributed by atoms with Crippen molar-refractivity contribution in [2.24, 2.45) is 0 Å².